The van der Waals surface area contributed by atoms with Crippen LogP contribution in [0.5, 0.6) is 0 Å². The lowest BCUT2D eigenvalue weighted by Crippen LogP contribution is -2.25. The molecular formula is C15H17N3O2. The van der Waals surface area contributed by atoms with E-state index in [0.29, 0.717) is 12.3 Å². The zero-order valence-electron chi connectivity index (χ0n) is 11.4. The van der Waals surface area contributed by atoms with Crippen LogP contribution in [0.4, 0.5) is 0 Å². The maximum absolute atomic E-state index is 12.1. The van der Waals surface area contributed by atoms with E-state index in [4.69, 9.17) is 4.84 Å². The van der Waals surface area contributed by atoms with Crippen LogP contribution >= 0.6 is 0 Å². The SMILES string of the molecule is CCONC(=O)c1nn(-c2ccccc2)c2c1CCC2. The molecule has 1 aliphatic rings. The van der Waals surface area contributed by atoms with Gasteiger partial charge in [0.05, 0.1) is 12.3 Å². The summed E-state index contributed by atoms with van der Waals surface area (Å²) in [6.45, 7) is 2.26. The van der Waals surface area contributed by atoms with E-state index >= 15 is 0 Å². The number of aromatic nitrogens is 2. The first-order chi connectivity index (χ1) is 9.81. The van der Waals surface area contributed by atoms with E-state index in [9.17, 15) is 4.79 Å². The number of para-hydroxylation sites is 1. The Hall–Kier alpha value is -2.14. The van der Waals surface area contributed by atoms with Crippen molar-refractivity contribution in [3.05, 3.63) is 47.3 Å². The Morgan fingerprint density at radius 3 is 2.90 bits per heavy atom. The first-order valence-electron chi connectivity index (χ1n) is 6.89. The number of carbonyl (C=O) groups is 1. The van der Waals surface area contributed by atoms with Gasteiger partial charge in [0.2, 0.25) is 0 Å². The van der Waals surface area contributed by atoms with Gasteiger partial charge in [0, 0.05) is 11.3 Å². The van der Waals surface area contributed by atoms with Crippen LogP contribution in [0.1, 0.15) is 35.1 Å². The van der Waals surface area contributed by atoms with Gasteiger partial charge in [0.1, 0.15) is 0 Å². The van der Waals surface area contributed by atoms with Gasteiger partial charge in [0.15, 0.2) is 5.69 Å². The Morgan fingerprint density at radius 1 is 1.35 bits per heavy atom. The molecule has 5 heteroatoms. The molecule has 0 aliphatic heterocycles. The predicted octanol–water partition coefficient (Wildman–Crippen LogP) is 2.04. The number of hydrogen-bond donors (Lipinski definition) is 1. The fourth-order valence-corrected chi connectivity index (χ4v) is 2.59. The summed E-state index contributed by atoms with van der Waals surface area (Å²) in [5, 5.41) is 4.48. The third kappa shape index (κ3) is 2.20. The number of nitrogens with zero attached hydrogens (tertiary/aromatic N) is 2. The Balaban J connectivity index is 1.99. The molecule has 1 aromatic carbocycles. The topological polar surface area (TPSA) is 56.1 Å². The fraction of sp³-hybridized carbons (Fsp3) is 0.333. The summed E-state index contributed by atoms with van der Waals surface area (Å²) >= 11 is 0. The van der Waals surface area contributed by atoms with Crippen molar-refractivity contribution in [1.29, 1.82) is 0 Å². The Labute approximate surface area is 117 Å². The van der Waals surface area contributed by atoms with Gasteiger partial charge >= 0.3 is 0 Å². The highest BCUT2D eigenvalue weighted by Crippen LogP contribution is 2.27. The number of benzene rings is 1. The van der Waals surface area contributed by atoms with Crippen molar-refractivity contribution in [2.24, 2.45) is 0 Å². The fourth-order valence-electron chi connectivity index (χ4n) is 2.59. The van der Waals surface area contributed by atoms with Crippen molar-refractivity contribution >= 4 is 5.91 Å². The number of rotatable bonds is 4. The lowest BCUT2D eigenvalue weighted by atomic mass is 10.2. The molecule has 0 atom stereocenters. The molecule has 5 nitrogen and oxygen atoms in total. The molecule has 0 saturated heterocycles. The summed E-state index contributed by atoms with van der Waals surface area (Å²) in [7, 11) is 0. The second-order valence-corrected chi connectivity index (χ2v) is 4.74. The minimum Gasteiger partial charge on any atom is -0.274 e. The standard InChI is InChI=1S/C15H17N3O2/c1-2-20-17-15(19)14-12-9-6-10-13(12)18(16-14)11-7-4-3-5-8-11/h3-5,7-8H,2,6,9-10H2,1H3,(H,17,19). The number of nitrogens with one attached hydrogen (secondary N) is 1. The zero-order valence-corrected chi connectivity index (χ0v) is 11.4. The highest BCUT2D eigenvalue weighted by Gasteiger charge is 2.26. The first kappa shape index (κ1) is 12.9. The summed E-state index contributed by atoms with van der Waals surface area (Å²) in [6, 6.07) is 9.90. The Bertz CT molecular complexity index is 620. The first-order valence-corrected chi connectivity index (χ1v) is 6.89. The highest BCUT2D eigenvalue weighted by molar-refractivity contribution is 5.93. The lowest BCUT2D eigenvalue weighted by Gasteiger charge is -2.04. The van der Waals surface area contributed by atoms with Crippen LogP contribution in [0.2, 0.25) is 0 Å². The molecule has 0 saturated carbocycles. The minimum atomic E-state index is -0.264. The van der Waals surface area contributed by atoms with E-state index in [1.54, 1.807) is 0 Å². The van der Waals surface area contributed by atoms with E-state index in [1.807, 2.05) is 41.9 Å². The van der Waals surface area contributed by atoms with E-state index in [2.05, 4.69) is 10.6 Å². The van der Waals surface area contributed by atoms with Gasteiger partial charge in [-0.15, -0.1) is 0 Å². The molecule has 0 bridgehead atoms. The monoisotopic (exact) mass is 271 g/mol. The Morgan fingerprint density at radius 2 is 2.15 bits per heavy atom. The molecule has 0 spiro atoms. The quantitative estimate of drug-likeness (QED) is 0.866. The van der Waals surface area contributed by atoms with Gasteiger partial charge in [-0.3, -0.25) is 9.63 Å². The third-order valence-electron chi connectivity index (χ3n) is 3.46. The molecule has 1 aliphatic carbocycles. The van der Waals surface area contributed by atoms with Crippen molar-refractivity contribution in [1.82, 2.24) is 15.3 Å². The highest BCUT2D eigenvalue weighted by atomic mass is 16.6. The largest absolute Gasteiger partial charge is 0.295 e. The third-order valence-corrected chi connectivity index (χ3v) is 3.46. The molecule has 20 heavy (non-hydrogen) atoms. The van der Waals surface area contributed by atoms with Crippen molar-refractivity contribution in [3.63, 3.8) is 0 Å². The molecule has 104 valence electrons. The molecule has 1 N–H and O–H groups in total. The molecule has 1 heterocycles. The van der Waals surface area contributed by atoms with Crippen molar-refractivity contribution in [2.75, 3.05) is 6.61 Å². The van der Waals surface area contributed by atoms with E-state index in [0.717, 1.165) is 36.2 Å². The van der Waals surface area contributed by atoms with Gasteiger partial charge in [-0.05, 0) is 38.3 Å². The van der Waals surface area contributed by atoms with Gasteiger partial charge in [-0.1, -0.05) is 18.2 Å². The summed E-state index contributed by atoms with van der Waals surface area (Å²) in [5.74, 6) is -0.264. The summed E-state index contributed by atoms with van der Waals surface area (Å²) in [6.07, 6.45) is 2.92. The predicted molar refractivity (Wildman–Crippen MR) is 74.7 cm³/mol. The van der Waals surface area contributed by atoms with Crippen LogP contribution in [0, 0.1) is 0 Å². The van der Waals surface area contributed by atoms with Crippen LogP contribution in [0.15, 0.2) is 30.3 Å². The minimum absolute atomic E-state index is 0.264. The number of hydrogen-bond acceptors (Lipinski definition) is 3. The van der Waals surface area contributed by atoms with Crippen molar-refractivity contribution in [3.8, 4) is 5.69 Å². The van der Waals surface area contributed by atoms with E-state index in [-0.39, 0.29) is 5.91 Å². The lowest BCUT2D eigenvalue weighted by molar-refractivity contribution is 0.0359. The molecule has 3 rings (SSSR count). The van der Waals surface area contributed by atoms with Gasteiger partial charge < -0.3 is 0 Å². The zero-order chi connectivity index (χ0) is 13.9. The normalized spacial score (nSPS) is 13.2. The molecule has 0 radical (unpaired) electrons. The average Bonchev–Trinajstić information content (AvgIpc) is 3.07. The second-order valence-electron chi connectivity index (χ2n) is 4.74. The number of carbonyl (C=O) groups excluding carboxylic acids is 1. The molecule has 1 aromatic heterocycles. The molecule has 2 aromatic rings. The van der Waals surface area contributed by atoms with Crippen LogP contribution in [0.25, 0.3) is 5.69 Å². The second kappa shape index (κ2) is 5.46. The molecule has 0 unspecified atom stereocenters. The molecule has 0 fully saturated rings. The average molecular weight is 271 g/mol. The van der Waals surface area contributed by atoms with Gasteiger partial charge in [-0.2, -0.15) is 5.10 Å². The smallest absolute Gasteiger partial charge is 0.274 e. The van der Waals surface area contributed by atoms with Crippen LogP contribution < -0.4 is 5.48 Å². The maximum Gasteiger partial charge on any atom is 0.295 e. The van der Waals surface area contributed by atoms with E-state index in [1.165, 1.54) is 0 Å². The van der Waals surface area contributed by atoms with Crippen molar-refractivity contribution < 1.29 is 9.63 Å². The van der Waals surface area contributed by atoms with Crippen LogP contribution in [-0.2, 0) is 17.7 Å². The van der Waals surface area contributed by atoms with Gasteiger partial charge in [0.25, 0.3) is 5.91 Å². The van der Waals surface area contributed by atoms with E-state index < -0.39 is 0 Å². The number of amides is 1. The van der Waals surface area contributed by atoms with Crippen LogP contribution in [0.3, 0.4) is 0 Å². The van der Waals surface area contributed by atoms with Crippen molar-refractivity contribution in [2.45, 2.75) is 26.2 Å². The Kier molecular flexibility index (Phi) is 3.52. The molecule has 1 amide bonds. The number of fused-ring (bicyclic) bond motifs is 1. The summed E-state index contributed by atoms with van der Waals surface area (Å²) in [4.78, 5) is 17.1. The summed E-state index contributed by atoms with van der Waals surface area (Å²) in [5.41, 5.74) is 6.08. The number of hydroxylamine groups is 1. The maximum atomic E-state index is 12.1. The van der Waals surface area contributed by atoms with Gasteiger partial charge in [-0.25, -0.2) is 10.2 Å². The summed E-state index contributed by atoms with van der Waals surface area (Å²) < 4.78 is 1.88. The molecular weight excluding hydrogens is 254 g/mol. The van der Waals surface area contributed by atoms with Crippen LogP contribution in [-0.4, -0.2) is 22.3 Å².